The van der Waals surface area contributed by atoms with E-state index in [1.165, 1.54) is 12.4 Å². The Kier molecular flexibility index (Phi) is 3.92. The van der Waals surface area contributed by atoms with Crippen LogP contribution in [0.25, 0.3) is 10.6 Å². The lowest BCUT2D eigenvalue weighted by Crippen LogP contribution is -2.37. The van der Waals surface area contributed by atoms with Gasteiger partial charge in [0.25, 0.3) is 0 Å². The summed E-state index contributed by atoms with van der Waals surface area (Å²) in [5.41, 5.74) is 0.665. The zero-order valence-corrected chi connectivity index (χ0v) is 12.5. The zero-order valence-electron chi connectivity index (χ0n) is 11.7. The number of alkyl halides is 3. The maximum atomic E-state index is 12.4. The van der Waals surface area contributed by atoms with E-state index in [4.69, 9.17) is 0 Å². The van der Waals surface area contributed by atoms with Gasteiger partial charge >= 0.3 is 11.0 Å². The first-order chi connectivity index (χ1) is 10.8. The quantitative estimate of drug-likeness (QED) is 0.850. The van der Waals surface area contributed by atoms with Gasteiger partial charge in [-0.05, 0) is 18.6 Å². The number of aromatic nitrogens is 3. The fourth-order valence-electron chi connectivity index (χ4n) is 2.42. The van der Waals surface area contributed by atoms with E-state index in [0.717, 1.165) is 16.0 Å². The number of rotatable bonds is 3. The largest absolute Gasteiger partial charge is 0.406 e. The summed E-state index contributed by atoms with van der Waals surface area (Å²) in [5, 5.41) is 4.51. The van der Waals surface area contributed by atoms with E-state index in [9.17, 15) is 22.8 Å². The molecule has 0 saturated carbocycles. The van der Waals surface area contributed by atoms with Gasteiger partial charge in [0.15, 0.2) is 0 Å². The molecular formula is C13H11F3N4O2S. The predicted molar refractivity (Wildman–Crippen MR) is 75.9 cm³/mol. The Labute approximate surface area is 132 Å². The summed E-state index contributed by atoms with van der Waals surface area (Å²) in [4.78, 5) is 28.3. The van der Waals surface area contributed by atoms with Crippen molar-refractivity contribution in [3.05, 3.63) is 34.2 Å². The molecule has 3 rings (SSSR count). The van der Waals surface area contributed by atoms with Gasteiger partial charge in [-0.25, -0.2) is 4.68 Å². The molecule has 6 nitrogen and oxygen atoms in total. The molecule has 1 aliphatic rings. The summed E-state index contributed by atoms with van der Waals surface area (Å²) in [6, 6.07) is 2.35. The number of hydrogen-bond acceptors (Lipinski definition) is 5. The molecule has 1 unspecified atom stereocenters. The topological polar surface area (TPSA) is 68.1 Å². The minimum absolute atomic E-state index is 0.0441. The molecule has 0 aromatic carbocycles. The van der Waals surface area contributed by atoms with Crippen molar-refractivity contribution in [3.63, 3.8) is 0 Å². The minimum atomic E-state index is -4.46. The normalized spacial score (nSPS) is 18.7. The number of hydrogen-bond donors (Lipinski definition) is 0. The van der Waals surface area contributed by atoms with Crippen LogP contribution in [0.5, 0.6) is 0 Å². The Morgan fingerprint density at radius 1 is 1.26 bits per heavy atom. The Balaban J connectivity index is 1.85. The molecule has 1 atom stereocenters. The van der Waals surface area contributed by atoms with Crippen molar-refractivity contribution in [3.8, 4) is 10.6 Å². The van der Waals surface area contributed by atoms with Crippen LogP contribution >= 0.6 is 11.3 Å². The molecule has 10 heteroatoms. The van der Waals surface area contributed by atoms with E-state index in [-0.39, 0.29) is 13.0 Å². The van der Waals surface area contributed by atoms with Crippen molar-refractivity contribution in [1.29, 1.82) is 0 Å². The van der Waals surface area contributed by atoms with Crippen LogP contribution < -0.4 is 4.87 Å². The van der Waals surface area contributed by atoms with E-state index >= 15 is 0 Å². The second-order valence-corrected chi connectivity index (χ2v) is 5.97. The molecule has 0 spiro atoms. The van der Waals surface area contributed by atoms with Gasteiger partial charge in [0.05, 0.1) is 0 Å². The van der Waals surface area contributed by atoms with Crippen molar-refractivity contribution >= 4 is 17.2 Å². The number of carbonyl (C=O) groups is 1. The van der Waals surface area contributed by atoms with Gasteiger partial charge in [-0.1, -0.05) is 11.3 Å². The van der Waals surface area contributed by atoms with Crippen molar-refractivity contribution in [2.45, 2.75) is 18.6 Å². The Bertz CT molecular complexity index is 772. The van der Waals surface area contributed by atoms with Gasteiger partial charge < -0.3 is 4.90 Å². The number of nitrogens with zero attached hydrogens (tertiary/aromatic N) is 4. The lowest BCUT2D eigenvalue weighted by atomic mass is 10.2. The van der Waals surface area contributed by atoms with Crippen molar-refractivity contribution in [1.82, 2.24) is 19.7 Å². The van der Waals surface area contributed by atoms with Crippen LogP contribution in [0.3, 0.4) is 0 Å². The molecule has 0 aliphatic carbocycles. The maximum Gasteiger partial charge on any atom is 0.406 e. The van der Waals surface area contributed by atoms with Gasteiger partial charge in [0.2, 0.25) is 5.91 Å². The first-order valence-electron chi connectivity index (χ1n) is 6.71. The molecule has 3 heterocycles. The van der Waals surface area contributed by atoms with E-state index in [1.54, 1.807) is 12.1 Å². The Hall–Kier alpha value is -2.23. The van der Waals surface area contributed by atoms with E-state index in [1.807, 2.05) is 0 Å². The third-order valence-electron chi connectivity index (χ3n) is 3.43. The Morgan fingerprint density at radius 3 is 2.61 bits per heavy atom. The molecule has 1 aliphatic heterocycles. The van der Waals surface area contributed by atoms with Crippen LogP contribution in [0.2, 0.25) is 0 Å². The molecule has 0 bridgehead atoms. The minimum Gasteiger partial charge on any atom is -0.332 e. The zero-order chi connectivity index (χ0) is 16.6. The molecule has 23 heavy (non-hydrogen) atoms. The smallest absolute Gasteiger partial charge is 0.332 e. The van der Waals surface area contributed by atoms with Gasteiger partial charge in [-0.15, -0.1) is 0 Å². The van der Waals surface area contributed by atoms with E-state index < -0.39 is 29.5 Å². The highest BCUT2D eigenvalue weighted by Crippen LogP contribution is 2.27. The standard InChI is InChI=1S/C13H11F3N4O2S/c14-13(15,16)7-19-6-3-9(11(19)21)20-12(22)23-10(18-20)8-1-4-17-5-2-8/h1-2,4-5,9H,3,6-7H2. The van der Waals surface area contributed by atoms with E-state index in [2.05, 4.69) is 10.1 Å². The SMILES string of the molecule is O=C1C(n2nc(-c3ccncc3)sc2=O)CCN1CC(F)(F)F. The molecule has 0 N–H and O–H groups in total. The van der Waals surface area contributed by atoms with Crippen molar-refractivity contribution in [2.24, 2.45) is 0 Å². The molecule has 2 aromatic rings. The summed E-state index contributed by atoms with van der Waals surface area (Å²) in [6.07, 6.45) is -1.25. The Morgan fingerprint density at radius 2 is 1.96 bits per heavy atom. The second-order valence-electron chi connectivity index (χ2n) is 5.03. The van der Waals surface area contributed by atoms with Gasteiger partial charge in [-0.2, -0.15) is 18.3 Å². The average Bonchev–Trinajstić information content (AvgIpc) is 3.03. The number of amides is 1. The summed E-state index contributed by atoms with van der Waals surface area (Å²) in [7, 11) is 0. The number of pyridine rings is 1. The first kappa shape index (κ1) is 15.7. The fraction of sp³-hybridized carbons (Fsp3) is 0.385. The molecule has 1 saturated heterocycles. The fourth-order valence-corrected chi connectivity index (χ4v) is 3.23. The van der Waals surface area contributed by atoms with Gasteiger partial charge in [0, 0.05) is 24.5 Å². The lowest BCUT2D eigenvalue weighted by Gasteiger charge is -2.18. The van der Waals surface area contributed by atoms with Crippen LogP contribution in [0.1, 0.15) is 12.5 Å². The third-order valence-corrected chi connectivity index (χ3v) is 4.30. The number of likely N-dealkylation sites (tertiary alicyclic amines) is 1. The van der Waals surface area contributed by atoms with Crippen LogP contribution in [-0.2, 0) is 4.79 Å². The molecule has 122 valence electrons. The molecule has 1 amide bonds. The molecule has 2 aromatic heterocycles. The van der Waals surface area contributed by atoms with Gasteiger partial charge in [-0.3, -0.25) is 14.6 Å². The highest BCUT2D eigenvalue weighted by Gasteiger charge is 2.41. The molecule has 0 radical (unpaired) electrons. The third kappa shape index (κ3) is 3.26. The summed E-state index contributed by atoms with van der Waals surface area (Å²) in [6.45, 7) is -1.35. The van der Waals surface area contributed by atoms with Crippen LogP contribution in [0, 0.1) is 0 Å². The van der Waals surface area contributed by atoms with Gasteiger partial charge in [0.1, 0.15) is 17.6 Å². The monoisotopic (exact) mass is 344 g/mol. The highest BCUT2D eigenvalue weighted by atomic mass is 32.1. The number of halogens is 3. The summed E-state index contributed by atoms with van der Waals surface area (Å²) < 4.78 is 38.3. The first-order valence-corrected chi connectivity index (χ1v) is 7.52. The lowest BCUT2D eigenvalue weighted by molar-refractivity contribution is -0.158. The second kappa shape index (κ2) is 5.76. The molecular weight excluding hydrogens is 333 g/mol. The average molecular weight is 344 g/mol. The number of carbonyl (C=O) groups excluding carboxylic acids is 1. The molecule has 1 fully saturated rings. The summed E-state index contributed by atoms with van der Waals surface area (Å²) >= 11 is 0.846. The maximum absolute atomic E-state index is 12.4. The van der Waals surface area contributed by atoms with Crippen LogP contribution in [0.4, 0.5) is 13.2 Å². The van der Waals surface area contributed by atoms with Crippen molar-refractivity contribution < 1.29 is 18.0 Å². The van der Waals surface area contributed by atoms with Crippen molar-refractivity contribution in [2.75, 3.05) is 13.1 Å². The van der Waals surface area contributed by atoms with E-state index in [0.29, 0.717) is 15.5 Å². The predicted octanol–water partition coefficient (Wildman–Crippen LogP) is 1.70. The summed E-state index contributed by atoms with van der Waals surface area (Å²) in [5.74, 6) is -0.726. The van der Waals surface area contributed by atoms with Crippen LogP contribution in [0.15, 0.2) is 29.3 Å². The van der Waals surface area contributed by atoms with Crippen LogP contribution in [-0.4, -0.2) is 44.8 Å². The highest BCUT2D eigenvalue weighted by molar-refractivity contribution is 7.12.